The Balaban J connectivity index is 1.72. The van der Waals surface area contributed by atoms with Gasteiger partial charge in [0, 0.05) is 35.0 Å². The largest absolute Gasteiger partial charge is 0.454 e. The van der Waals surface area contributed by atoms with E-state index in [1.807, 2.05) is 24.4 Å². The van der Waals surface area contributed by atoms with Gasteiger partial charge in [-0.2, -0.15) is 0 Å². The molecule has 3 aromatic rings. The Morgan fingerprint density at radius 1 is 1.17 bits per heavy atom. The molecule has 3 N–H and O–H groups in total. The van der Waals surface area contributed by atoms with Crippen LogP contribution in [0.15, 0.2) is 42.6 Å². The first kappa shape index (κ1) is 20.3. The Labute approximate surface area is 177 Å². The first-order valence-electron chi connectivity index (χ1n) is 10.6. The summed E-state index contributed by atoms with van der Waals surface area (Å²) in [6.45, 7) is 3.92. The Bertz CT molecular complexity index is 1040. The van der Waals surface area contributed by atoms with E-state index in [1.54, 1.807) is 0 Å². The van der Waals surface area contributed by atoms with Crippen LogP contribution in [0.1, 0.15) is 36.0 Å². The van der Waals surface area contributed by atoms with Crippen molar-refractivity contribution in [3.05, 3.63) is 59.3 Å². The van der Waals surface area contributed by atoms with Crippen molar-refractivity contribution in [2.75, 3.05) is 34.0 Å². The predicted octanol–water partition coefficient (Wildman–Crippen LogP) is 2.24. The Morgan fingerprint density at radius 3 is 2.80 bits per heavy atom. The van der Waals surface area contributed by atoms with Gasteiger partial charge in [-0.3, -0.25) is 4.79 Å². The van der Waals surface area contributed by atoms with Gasteiger partial charge in [0.25, 0.3) is 0 Å². The van der Waals surface area contributed by atoms with Crippen LogP contribution in [0.2, 0.25) is 0 Å². The first-order valence-corrected chi connectivity index (χ1v) is 10.6. The zero-order valence-electron chi connectivity index (χ0n) is 17.9. The zero-order valence-corrected chi connectivity index (χ0v) is 17.9. The maximum Gasteiger partial charge on any atom is 0.231 e. The van der Waals surface area contributed by atoms with E-state index in [-0.39, 0.29) is 18.6 Å². The van der Waals surface area contributed by atoms with Crippen molar-refractivity contribution in [2.45, 2.75) is 25.7 Å². The van der Waals surface area contributed by atoms with E-state index in [1.165, 1.54) is 10.5 Å². The number of fused-ring (bicyclic) bond motifs is 2. The standard InChI is InChI=1S/C24H29N3O3/c1-4-16-7-5-8-17-20(14-26-23(16)17)19(13-22(28)25-11-12-27(2)3)18-9-6-10-21-24(18)30-15-29-21/h5-10,14,19,26H,4,11-13,15H2,1-3H3,(H,25,28)/p+1/t19-/m0/s1. The highest BCUT2D eigenvalue weighted by Crippen LogP contribution is 2.44. The lowest BCUT2D eigenvalue weighted by molar-refractivity contribution is -0.856. The van der Waals surface area contributed by atoms with Crippen LogP contribution >= 0.6 is 0 Å². The molecule has 158 valence electrons. The van der Waals surface area contributed by atoms with E-state index >= 15 is 0 Å². The van der Waals surface area contributed by atoms with Gasteiger partial charge >= 0.3 is 0 Å². The molecule has 1 amide bonds. The first-order chi connectivity index (χ1) is 14.6. The summed E-state index contributed by atoms with van der Waals surface area (Å²) in [4.78, 5) is 17.6. The summed E-state index contributed by atoms with van der Waals surface area (Å²) in [7, 11) is 4.16. The van der Waals surface area contributed by atoms with E-state index in [0.717, 1.165) is 46.5 Å². The molecule has 0 unspecified atom stereocenters. The third-order valence-electron chi connectivity index (χ3n) is 5.73. The van der Waals surface area contributed by atoms with Crippen LogP contribution in [0.3, 0.4) is 0 Å². The molecule has 1 aromatic heterocycles. The predicted molar refractivity (Wildman–Crippen MR) is 117 cm³/mol. The molecule has 2 heterocycles. The fourth-order valence-electron chi connectivity index (χ4n) is 4.15. The van der Waals surface area contributed by atoms with Crippen LogP contribution in [0.25, 0.3) is 10.9 Å². The number of aryl methyl sites for hydroxylation is 1. The molecule has 0 saturated carbocycles. The molecule has 6 nitrogen and oxygen atoms in total. The highest BCUT2D eigenvalue weighted by Gasteiger charge is 2.28. The number of carbonyl (C=O) groups is 1. The van der Waals surface area contributed by atoms with Crippen LogP contribution in [0.4, 0.5) is 0 Å². The van der Waals surface area contributed by atoms with Crippen LogP contribution in [-0.4, -0.2) is 44.9 Å². The summed E-state index contributed by atoms with van der Waals surface area (Å²) in [5.41, 5.74) is 4.51. The number of aromatic nitrogens is 1. The molecular weight excluding hydrogens is 378 g/mol. The van der Waals surface area contributed by atoms with E-state index in [2.05, 4.69) is 49.5 Å². The average molecular weight is 409 g/mol. The van der Waals surface area contributed by atoms with Crippen molar-refractivity contribution in [2.24, 2.45) is 0 Å². The summed E-state index contributed by atoms with van der Waals surface area (Å²) in [5, 5.41) is 4.23. The minimum absolute atomic E-state index is 0.0405. The number of H-pyrrole nitrogens is 1. The molecule has 4 rings (SSSR count). The second kappa shape index (κ2) is 8.79. The number of carbonyl (C=O) groups excluding carboxylic acids is 1. The van der Waals surface area contributed by atoms with E-state index in [0.29, 0.717) is 13.0 Å². The molecule has 0 saturated heterocycles. The van der Waals surface area contributed by atoms with E-state index in [9.17, 15) is 4.79 Å². The van der Waals surface area contributed by atoms with E-state index < -0.39 is 0 Å². The third-order valence-corrected chi connectivity index (χ3v) is 5.73. The number of amides is 1. The molecule has 1 aliphatic heterocycles. The molecule has 1 aliphatic rings. The number of likely N-dealkylation sites (N-methyl/N-ethyl adjacent to an activating group) is 1. The minimum Gasteiger partial charge on any atom is -0.454 e. The zero-order chi connectivity index (χ0) is 21.1. The van der Waals surface area contributed by atoms with Gasteiger partial charge < -0.3 is 24.7 Å². The van der Waals surface area contributed by atoms with Crippen LogP contribution in [-0.2, 0) is 11.2 Å². The summed E-state index contributed by atoms with van der Waals surface area (Å²) < 4.78 is 11.4. The maximum absolute atomic E-state index is 12.9. The molecule has 0 aliphatic carbocycles. The normalized spacial score (nSPS) is 13.7. The second-order valence-electron chi connectivity index (χ2n) is 8.08. The number of hydrogen-bond donors (Lipinski definition) is 3. The second-order valence-corrected chi connectivity index (χ2v) is 8.08. The lowest BCUT2D eigenvalue weighted by atomic mass is 9.86. The highest BCUT2D eigenvalue weighted by molar-refractivity contribution is 5.88. The average Bonchev–Trinajstić information content (AvgIpc) is 3.38. The summed E-state index contributed by atoms with van der Waals surface area (Å²) in [6.07, 6.45) is 3.35. The lowest BCUT2D eigenvalue weighted by Gasteiger charge is -2.19. The SMILES string of the molecule is CCc1cccc2c([C@@H](CC(=O)NCC[NH+](C)C)c3cccc4c3OCO4)c[nH]c12. The third kappa shape index (κ3) is 4.00. The molecule has 2 aromatic carbocycles. The number of nitrogens with one attached hydrogen (secondary N) is 3. The van der Waals surface area contributed by atoms with Gasteiger partial charge in [0.1, 0.15) is 0 Å². The molecule has 1 atom stereocenters. The van der Waals surface area contributed by atoms with Gasteiger partial charge in [0.15, 0.2) is 11.5 Å². The lowest BCUT2D eigenvalue weighted by Crippen LogP contribution is -3.06. The van der Waals surface area contributed by atoms with Gasteiger partial charge in [0.2, 0.25) is 12.7 Å². The monoisotopic (exact) mass is 408 g/mol. The van der Waals surface area contributed by atoms with Gasteiger partial charge in [0.05, 0.1) is 27.2 Å². The van der Waals surface area contributed by atoms with Crippen LogP contribution < -0.4 is 19.7 Å². The van der Waals surface area contributed by atoms with Crippen molar-refractivity contribution in [3.63, 3.8) is 0 Å². The smallest absolute Gasteiger partial charge is 0.231 e. The summed E-state index contributed by atoms with van der Waals surface area (Å²) in [5.74, 6) is 1.39. The highest BCUT2D eigenvalue weighted by atomic mass is 16.7. The quantitative estimate of drug-likeness (QED) is 0.536. The summed E-state index contributed by atoms with van der Waals surface area (Å²) >= 11 is 0. The van der Waals surface area contributed by atoms with Crippen molar-refractivity contribution in [1.82, 2.24) is 10.3 Å². The van der Waals surface area contributed by atoms with Crippen molar-refractivity contribution >= 4 is 16.8 Å². The molecule has 6 heteroatoms. The van der Waals surface area contributed by atoms with Crippen molar-refractivity contribution in [1.29, 1.82) is 0 Å². The topological polar surface area (TPSA) is 67.8 Å². The number of para-hydroxylation sites is 2. The van der Waals surface area contributed by atoms with Crippen molar-refractivity contribution in [3.8, 4) is 11.5 Å². The molecule has 0 fully saturated rings. The number of hydrogen-bond acceptors (Lipinski definition) is 3. The van der Waals surface area contributed by atoms with E-state index in [4.69, 9.17) is 9.47 Å². The fourth-order valence-corrected chi connectivity index (χ4v) is 4.15. The molecule has 0 radical (unpaired) electrons. The molecule has 0 bridgehead atoms. The Kier molecular flexibility index (Phi) is 5.95. The Morgan fingerprint density at radius 2 is 2.00 bits per heavy atom. The summed E-state index contributed by atoms with van der Waals surface area (Å²) in [6, 6.07) is 12.3. The number of benzene rings is 2. The minimum atomic E-state index is -0.130. The number of quaternary nitrogens is 1. The van der Waals surface area contributed by atoms with Crippen LogP contribution in [0, 0.1) is 0 Å². The van der Waals surface area contributed by atoms with Gasteiger partial charge in [-0.1, -0.05) is 37.3 Å². The van der Waals surface area contributed by atoms with Crippen molar-refractivity contribution < 1.29 is 19.2 Å². The molecule has 30 heavy (non-hydrogen) atoms. The van der Waals surface area contributed by atoms with Crippen LogP contribution in [0.5, 0.6) is 11.5 Å². The maximum atomic E-state index is 12.9. The van der Waals surface area contributed by atoms with Gasteiger partial charge in [-0.05, 0) is 23.6 Å². The number of aromatic amines is 1. The molecule has 0 spiro atoms. The van der Waals surface area contributed by atoms with Gasteiger partial charge in [-0.15, -0.1) is 0 Å². The van der Waals surface area contributed by atoms with Gasteiger partial charge in [-0.25, -0.2) is 0 Å². The Hall–Kier alpha value is -2.99. The number of rotatable bonds is 8. The fraction of sp³-hybridized carbons (Fsp3) is 0.375. The molecular formula is C24H30N3O3+. The number of ether oxygens (including phenoxy) is 2.